The van der Waals surface area contributed by atoms with Crippen molar-refractivity contribution >= 4 is 11.7 Å². The quantitative estimate of drug-likeness (QED) is 0.125. The Hall–Kier alpha value is -4.47. The highest BCUT2D eigenvalue weighted by atomic mass is 16.7. The van der Waals surface area contributed by atoms with E-state index in [1.807, 2.05) is 97.1 Å². The number of carbonyl (C=O) groups is 1. The van der Waals surface area contributed by atoms with Crippen molar-refractivity contribution < 1.29 is 24.1 Å². The van der Waals surface area contributed by atoms with Crippen LogP contribution < -0.4 is 15.4 Å². The molecule has 1 aliphatic heterocycles. The molecule has 0 aromatic heterocycles. The zero-order valence-electron chi connectivity index (χ0n) is 28.2. The summed E-state index contributed by atoms with van der Waals surface area (Å²) in [5.74, 6) is 1.56. The van der Waals surface area contributed by atoms with Crippen LogP contribution in [0.25, 0.3) is 0 Å². The fraction of sp³-hybridized carbons (Fsp3) is 0.341. The molecule has 49 heavy (non-hydrogen) atoms. The molecule has 3 N–H and O–H groups in total. The smallest absolute Gasteiger partial charge is 0.319 e. The molecule has 2 aliphatic rings. The number of anilines is 1. The van der Waals surface area contributed by atoms with Crippen LogP contribution in [0.3, 0.4) is 0 Å². The summed E-state index contributed by atoms with van der Waals surface area (Å²) in [5.41, 5.74) is 4.50. The Labute approximate surface area is 289 Å². The van der Waals surface area contributed by atoms with E-state index in [1.54, 1.807) is 0 Å². The Morgan fingerprint density at radius 3 is 2.20 bits per heavy atom. The zero-order valence-corrected chi connectivity index (χ0v) is 28.2. The van der Waals surface area contributed by atoms with E-state index in [2.05, 4.69) is 41.2 Å². The summed E-state index contributed by atoms with van der Waals surface area (Å²) in [4.78, 5) is 15.2. The van der Waals surface area contributed by atoms with E-state index >= 15 is 0 Å². The number of amides is 2. The molecule has 0 bridgehead atoms. The highest BCUT2D eigenvalue weighted by molar-refractivity contribution is 5.89. The number of ether oxygens (including phenoxy) is 3. The van der Waals surface area contributed by atoms with Gasteiger partial charge < -0.3 is 30.0 Å². The predicted octanol–water partition coefficient (Wildman–Crippen LogP) is 8.51. The lowest BCUT2D eigenvalue weighted by atomic mass is 9.89. The summed E-state index contributed by atoms with van der Waals surface area (Å²) in [6, 6.07) is 33.1. The van der Waals surface area contributed by atoms with Crippen LogP contribution in [0.15, 0.2) is 116 Å². The molecular formula is C41H47N3O5. The first kappa shape index (κ1) is 34.4. The number of hydrogen-bond acceptors (Lipinski definition) is 6. The molecule has 4 unspecified atom stereocenters. The van der Waals surface area contributed by atoms with Crippen molar-refractivity contribution in [2.24, 2.45) is 5.92 Å². The Morgan fingerprint density at radius 1 is 0.878 bits per heavy atom. The van der Waals surface area contributed by atoms with Gasteiger partial charge in [0.15, 0.2) is 6.29 Å². The van der Waals surface area contributed by atoms with E-state index in [0.717, 1.165) is 41.1 Å². The van der Waals surface area contributed by atoms with Gasteiger partial charge in [0.05, 0.1) is 18.8 Å². The average Bonchev–Trinajstić information content (AvgIpc) is 3.68. The summed E-state index contributed by atoms with van der Waals surface area (Å²) in [6.07, 6.45) is 6.19. The summed E-state index contributed by atoms with van der Waals surface area (Å²) in [5, 5.41) is 15.4. The second kappa shape index (κ2) is 16.8. The van der Waals surface area contributed by atoms with Crippen molar-refractivity contribution in [1.82, 2.24) is 10.2 Å². The SMILES string of the molecule is C=CCN(CC1OC(c2ccc(CNC(=O)Nc3ccc(Oc4ccccc4)cc3)cc2)OC(c2ccc(CO)cc2)C1C)C1CCCC1. The van der Waals surface area contributed by atoms with Crippen LogP contribution in [0.5, 0.6) is 11.5 Å². The van der Waals surface area contributed by atoms with Crippen LogP contribution in [0.1, 0.15) is 67.3 Å². The Bertz CT molecular complexity index is 1620. The number of para-hydroxylation sites is 1. The van der Waals surface area contributed by atoms with E-state index in [9.17, 15) is 9.90 Å². The summed E-state index contributed by atoms with van der Waals surface area (Å²) in [7, 11) is 0. The van der Waals surface area contributed by atoms with Crippen LogP contribution >= 0.6 is 0 Å². The lowest BCUT2D eigenvalue weighted by Crippen LogP contribution is -2.47. The van der Waals surface area contributed by atoms with Crippen LogP contribution in [-0.2, 0) is 22.6 Å². The van der Waals surface area contributed by atoms with E-state index in [4.69, 9.17) is 14.2 Å². The van der Waals surface area contributed by atoms with Gasteiger partial charge in [-0.25, -0.2) is 4.79 Å². The van der Waals surface area contributed by atoms with E-state index in [0.29, 0.717) is 24.0 Å². The molecule has 8 heteroatoms. The second-order valence-corrected chi connectivity index (χ2v) is 13.0. The molecule has 256 valence electrons. The summed E-state index contributed by atoms with van der Waals surface area (Å²) < 4.78 is 19.2. The van der Waals surface area contributed by atoms with Crippen molar-refractivity contribution in [3.8, 4) is 11.5 Å². The monoisotopic (exact) mass is 661 g/mol. The Kier molecular flexibility index (Phi) is 11.8. The van der Waals surface area contributed by atoms with Gasteiger partial charge in [-0.15, -0.1) is 6.58 Å². The van der Waals surface area contributed by atoms with Gasteiger partial charge in [-0.3, -0.25) is 4.90 Å². The largest absolute Gasteiger partial charge is 0.457 e. The first-order valence-electron chi connectivity index (χ1n) is 17.3. The molecule has 4 aromatic rings. The number of rotatable bonds is 13. The highest BCUT2D eigenvalue weighted by Crippen LogP contribution is 2.42. The lowest BCUT2D eigenvalue weighted by molar-refractivity contribution is -0.276. The number of nitrogens with zero attached hydrogens (tertiary/aromatic N) is 1. The Morgan fingerprint density at radius 2 is 1.53 bits per heavy atom. The summed E-state index contributed by atoms with van der Waals surface area (Å²) in [6.45, 7) is 8.26. The van der Waals surface area contributed by atoms with Crippen molar-refractivity contribution in [2.45, 2.75) is 70.3 Å². The molecule has 1 aliphatic carbocycles. The van der Waals surface area contributed by atoms with Gasteiger partial charge in [0, 0.05) is 42.8 Å². The number of benzene rings is 4. The molecule has 1 saturated heterocycles. The van der Waals surface area contributed by atoms with E-state index < -0.39 is 6.29 Å². The zero-order chi connectivity index (χ0) is 34.0. The third-order valence-electron chi connectivity index (χ3n) is 9.54. The van der Waals surface area contributed by atoms with Crippen LogP contribution in [0, 0.1) is 5.92 Å². The maximum atomic E-state index is 12.7. The molecule has 2 amide bonds. The highest BCUT2D eigenvalue weighted by Gasteiger charge is 2.40. The third-order valence-corrected chi connectivity index (χ3v) is 9.54. The Balaban J connectivity index is 1.08. The fourth-order valence-electron chi connectivity index (χ4n) is 6.75. The number of carbonyl (C=O) groups excluding carboxylic acids is 1. The molecule has 4 aromatic carbocycles. The molecule has 1 heterocycles. The lowest BCUT2D eigenvalue weighted by Gasteiger charge is -2.43. The molecule has 8 nitrogen and oxygen atoms in total. The van der Waals surface area contributed by atoms with Crippen molar-refractivity contribution in [3.63, 3.8) is 0 Å². The minimum atomic E-state index is -0.544. The summed E-state index contributed by atoms with van der Waals surface area (Å²) >= 11 is 0. The minimum absolute atomic E-state index is 0.00814. The second-order valence-electron chi connectivity index (χ2n) is 13.0. The molecule has 2 fully saturated rings. The van der Waals surface area contributed by atoms with Gasteiger partial charge in [0.25, 0.3) is 0 Å². The molecule has 1 saturated carbocycles. The van der Waals surface area contributed by atoms with Gasteiger partial charge in [0.2, 0.25) is 0 Å². The van der Waals surface area contributed by atoms with Crippen molar-refractivity contribution in [1.29, 1.82) is 0 Å². The number of aliphatic hydroxyl groups is 1. The maximum absolute atomic E-state index is 12.7. The number of urea groups is 1. The molecular weight excluding hydrogens is 614 g/mol. The van der Waals surface area contributed by atoms with Crippen LogP contribution in [-0.4, -0.2) is 41.3 Å². The molecule has 0 radical (unpaired) electrons. The first-order valence-corrected chi connectivity index (χ1v) is 17.3. The van der Waals surface area contributed by atoms with E-state index in [1.165, 1.54) is 25.7 Å². The van der Waals surface area contributed by atoms with Crippen LogP contribution in [0.4, 0.5) is 10.5 Å². The normalized spacial score (nSPS) is 21.0. The number of nitrogens with one attached hydrogen (secondary N) is 2. The fourth-order valence-corrected chi connectivity index (χ4v) is 6.75. The molecule has 6 rings (SSSR count). The first-order chi connectivity index (χ1) is 24.0. The topological polar surface area (TPSA) is 92.3 Å². The minimum Gasteiger partial charge on any atom is -0.457 e. The standard InChI is InChI=1S/C41H47N3O5/c1-3-25-44(35-9-7-8-10-35)27-38-29(2)39(32-17-15-31(28-45)16-18-32)49-40(48-38)33-19-13-30(14-20-33)26-42-41(46)43-34-21-23-37(24-22-34)47-36-11-5-4-6-12-36/h3-6,11-24,29,35,38-40,45H,1,7-10,25-28H2,2H3,(H2,42,43,46). The average molecular weight is 662 g/mol. The van der Waals surface area contributed by atoms with Gasteiger partial charge in [0.1, 0.15) is 11.5 Å². The van der Waals surface area contributed by atoms with Crippen molar-refractivity contribution in [3.05, 3.63) is 138 Å². The van der Waals surface area contributed by atoms with Gasteiger partial charge in [-0.2, -0.15) is 0 Å². The van der Waals surface area contributed by atoms with E-state index in [-0.39, 0.29) is 30.8 Å². The molecule has 4 atom stereocenters. The van der Waals surface area contributed by atoms with Crippen LogP contribution in [0.2, 0.25) is 0 Å². The van der Waals surface area contributed by atoms with Gasteiger partial charge >= 0.3 is 6.03 Å². The predicted molar refractivity (Wildman–Crippen MR) is 192 cm³/mol. The van der Waals surface area contributed by atoms with Gasteiger partial charge in [-0.05, 0) is 65.9 Å². The van der Waals surface area contributed by atoms with Gasteiger partial charge in [-0.1, -0.05) is 92.6 Å². The maximum Gasteiger partial charge on any atom is 0.319 e. The molecule has 0 spiro atoms. The number of aliphatic hydroxyl groups excluding tert-OH is 1. The third kappa shape index (κ3) is 9.16. The number of hydrogen-bond donors (Lipinski definition) is 3. The van der Waals surface area contributed by atoms with Crippen molar-refractivity contribution in [2.75, 3.05) is 18.4 Å².